The molecule has 0 aliphatic heterocycles. The third-order valence-corrected chi connectivity index (χ3v) is 2.49. The first kappa shape index (κ1) is 10.7. The van der Waals surface area contributed by atoms with Gasteiger partial charge in [-0.25, -0.2) is 0 Å². The van der Waals surface area contributed by atoms with E-state index in [4.69, 9.17) is 4.74 Å². The first-order valence-corrected chi connectivity index (χ1v) is 5.31. The van der Waals surface area contributed by atoms with Crippen LogP contribution in [0.2, 0.25) is 0 Å². The summed E-state index contributed by atoms with van der Waals surface area (Å²) in [5.74, 6) is 0.825. The molecule has 0 saturated carbocycles. The van der Waals surface area contributed by atoms with Crippen molar-refractivity contribution in [3.05, 3.63) is 41.6 Å². The van der Waals surface area contributed by atoms with Gasteiger partial charge in [-0.1, -0.05) is 12.2 Å². The van der Waals surface area contributed by atoms with Gasteiger partial charge in [0, 0.05) is 11.6 Å². The Kier molecular flexibility index (Phi) is 2.91. The van der Waals surface area contributed by atoms with E-state index >= 15 is 0 Å². The average molecular weight is 213 g/mol. The van der Waals surface area contributed by atoms with E-state index in [0.717, 1.165) is 27.8 Å². The van der Waals surface area contributed by atoms with Crippen LogP contribution in [0, 0.1) is 6.92 Å². The molecule has 0 fully saturated rings. The molecular weight excluding hydrogens is 198 g/mol. The largest absolute Gasteiger partial charge is 0.494 e. The number of nitrogens with zero attached hydrogens (tertiary/aromatic N) is 1. The predicted molar refractivity (Wildman–Crippen MR) is 67.7 cm³/mol. The van der Waals surface area contributed by atoms with Gasteiger partial charge in [-0.05, 0) is 43.2 Å². The second-order valence-electron chi connectivity index (χ2n) is 3.81. The number of hydrogen-bond donors (Lipinski definition) is 0. The van der Waals surface area contributed by atoms with Gasteiger partial charge in [0.25, 0.3) is 0 Å². The minimum absolute atomic E-state index is 0.825. The second-order valence-corrected chi connectivity index (χ2v) is 3.81. The van der Waals surface area contributed by atoms with Crippen molar-refractivity contribution in [3.63, 3.8) is 0 Å². The number of methoxy groups -OCH3 is 1. The Labute approximate surface area is 95.6 Å². The number of benzene rings is 1. The maximum absolute atomic E-state index is 5.36. The molecule has 1 heterocycles. The van der Waals surface area contributed by atoms with E-state index in [1.165, 1.54) is 0 Å². The molecule has 1 aromatic heterocycles. The van der Waals surface area contributed by atoms with Gasteiger partial charge in [-0.3, -0.25) is 4.98 Å². The number of rotatable bonds is 2. The average Bonchev–Trinajstić information content (AvgIpc) is 2.27. The van der Waals surface area contributed by atoms with Crippen LogP contribution in [0.3, 0.4) is 0 Å². The van der Waals surface area contributed by atoms with Gasteiger partial charge < -0.3 is 4.74 Å². The van der Waals surface area contributed by atoms with Crippen molar-refractivity contribution in [1.29, 1.82) is 0 Å². The van der Waals surface area contributed by atoms with E-state index in [9.17, 15) is 0 Å². The number of pyridine rings is 1. The molecule has 0 amide bonds. The Bertz CT molecular complexity index is 544. The first-order valence-electron chi connectivity index (χ1n) is 5.31. The van der Waals surface area contributed by atoms with Crippen LogP contribution in [0.1, 0.15) is 18.1 Å². The molecule has 16 heavy (non-hydrogen) atoms. The van der Waals surface area contributed by atoms with Crippen molar-refractivity contribution in [1.82, 2.24) is 4.98 Å². The van der Waals surface area contributed by atoms with Crippen LogP contribution in [0.25, 0.3) is 17.0 Å². The lowest BCUT2D eigenvalue weighted by Crippen LogP contribution is -1.89. The summed E-state index contributed by atoms with van der Waals surface area (Å²) in [6, 6.07) is 6.25. The highest BCUT2D eigenvalue weighted by molar-refractivity contribution is 5.87. The minimum Gasteiger partial charge on any atom is -0.494 e. The molecule has 0 atom stereocenters. The summed E-state index contributed by atoms with van der Waals surface area (Å²) < 4.78 is 5.36. The van der Waals surface area contributed by atoms with E-state index < -0.39 is 0 Å². The summed E-state index contributed by atoms with van der Waals surface area (Å²) in [5.41, 5.74) is 3.22. The molecule has 0 bridgehead atoms. The highest BCUT2D eigenvalue weighted by Crippen LogP contribution is 2.26. The smallest absolute Gasteiger partial charge is 0.145 e. The Hall–Kier alpha value is -1.83. The van der Waals surface area contributed by atoms with Gasteiger partial charge in [0.2, 0.25) is 0 Å². The molecule has 0 N–H and O–H groups in total. The molecule has 0 saturated heterocycles. The lowest BCUT2D eigenvalue weighted by Gasteiger charge is -2.07. The minimum atomic E-state index is 0.825. The van der Waals surface area contributed by atoms with Crippen LogP contribution >= 0.6 is 0 Å². The molecule has 2 aromatic rings. The molecule has 82 valence electrons. The van der Waals surface area contributed by atoms with E-state index in [-0.39, 0.29) is 0 Å². The topological polar surface area (TPSA) is 22.1 Å². The molecule has 0 radical (unpaired) electrons. The zero-order valence-corrected chi connectivity index (χ0v) is 9.82. The summed E-state index contributed by atoms with van der Waals surface area (Å²) in [6.45, 7) is 4.05. The van der Waals surface area contributed by atoms with E-state index in [1.54, 1.807) is 7.11 Å². The molecule has 1 aromatic carbocycles. The predicted octanol–water partition coefficient (Wildman–Crippen LogP) is 3.58. The Morgan fingerprint density at radius 2 is 2.06 bits per heavy atom. The number of ether oxygens (including phenoxy) is 1. The maximum atomic E-state index is 5.36. The van der Waals surface area contributed by atoms with Crippen LogP contribution in [-0.4, -0.2) is 12.1 Å². The first-order chi connectivity index (χ1) is 7.74. The molecule has 0 aliphatic rings. The van der Waals surface area contributed by atoms with Crippen LogP contribution in [0.5, 0.6) is 5.75 Å². The van der Waals surface area contributed by atoms with Crippen LogP contribution < -0.4 is 4.74 Å². The van der Waals surface area contributed by atoms with Gasteiger partial charge in [-0.2, -0.15) is 0 Å². The summed E-state index contributed by atoms with van der Waals surface area (Å²) in [7, 11) is 1.68. The number of aryl methyl sites for hydroxylation is 1. The molecule has 2 heteroatoms. The van der Waals surface area contributed by atoms with E-state index in [1.807, 2.05) is 32.2 Å². The zero-order valence-electron chi connectivity index (χ0n) is 9.82. The van der Waals surface area contributed by atoms with Crippen LogP contribution in [-0.2, 0) is 0 Å². The normalized spacial score (nSPS) is 11.2. The second kappa shape index (κ2) is 4.35. The van der Waals surface area contributed by atoms with Crippen LogP contribution in [0.15, 0.2) is 30.5 Å². The lowest BCUT2D eigenvalue weighted by molar-refractivity contribution is 0.419. The maximum Gasteiger partial charge on any atom is 0.145 e. The van der Waals surface area contributed by atoms with Crippen molar-refractivity contribution >= 4 is 17.0 Å². The molecular formula is C14H15NO. The van der Waals surface area contributed by atoms with Gasteiger partial charge >= 0.3 is 0 Å². The third kappa shape index (κ3) is 1.91. The van der Waals surface area contributed by atoms with Gasteiger partial charge in [0.1, 0.15) is 11.3 Å². The highest BCUT2D eigenvalue weighted by atomic mass is 16.5. The number of fused-ring (bicyclic) bond motifs is 1. The van der Waals surface area contributed by atoms with E-state index in [0.29, 0.717) is 0 Å². The number of hydrogen-bond acceptors (Lipinski definition) is 2. The quantitative estimate of drug-likeness (QED) is 0.760. The SMILES string of the molecule is C/C=C/c1cc(OC)c2ncc(C)cc2c1. The molecule has 0 unspecified atom stereocenters. The molecule has 2 nitrogen and oxygen atoms in total. The zero-order chi connectivity index (χ0) is 11.5. The molecule has 0 aliphatic carbocycles. The van der Waals surface area contributed by atoms with Crippen molar-refractivity contribution in [2.24, 2.45) is 0 Å². The fourth-order valence-electron chi connectivity index (χ4n) is 1.79. The number of aromatic nitrogens is 1. The fourth-order valence-corrected chi connectivity index (χ4v) is 1.79. The third-order valence-electron chi connectivity index (χ3n) is 2.49. The lowest BCUT2D eigenvalue weighted by atomic mass is 10.1. The molecule has 2 rings (SSSR count). The van der Waals surface area contributed by atoms with Crippen molar-refractivity contribution < 1.29 is 4.74 Å². The molecule has 0 spiro atoms. The van der Waals surface area contributed by atoms with Crippen molar-refractivity contribution in [3.8, 4) is 5.75 Å². The Morgan fingerprint density at radius 1 is 1.25 bits per heavy atom. The standard InChI is InChI=1S/C14H15NO/c1-4-5-11-7-12-6-10(2)9-15-14(12)13(8-11)16-3/h4-9H,1-3H3/b5-4+. The van der Waals surface area contributed by atoms with Crippen LogP contribution in [0.4, 0.5) is 0 Å². The van der Waals surface area contributed by atoms with Gasteiger partial charge in [-0.15, -0.1) is 0 Å². The van der Waals surface area contributed by atoms with Crippen molar-refractivity contribution in [2.45, 2.75) is 13.8 Å². The number of allylic oxidation sites excluding steroid dienone is 1. The summed E-state index contributed by atoms with van der Waals surface area (Å²) >= 11 is 0. The summed E-state index contributed by atoms with van der Waals surface area (Å²) in [4.78, 5) is 4.40. The van der Waals surface area contributed by atoms with Gasteiger partial charge in [0.15, 0.2) is 0 Å². The Morgan fingerprint density at radius 3 is 2.75 bits per heavy atom. The van der Waals surface area contributed by atoms with Gasteiger partial charge in [0.05, 0.1) is 7.11 Å². The summed E-state index contributed by atoms with van der Waals surface area (Å²) in [6.07, 6.45) is 5.94. The Balaban J connectivity index is 2.73. The van der Waals surface area contributed by atoms with Crippen molar-refractivity contribution in [2.75, 3.05) is 7.11 Å². The van der Waals surface area contributed by atoms with E-state index in [2.05, 4.69) is 23.2 Å². The fraction of sp³-hybridized carbons (Fsp3) is 0.214. The summed E-state index contributed by atoms with van der Waals surface area (Å²) in [5, 5.41) is 1.12. The monoisotopic (exact) mass is 213 g/mol. The highest BCUT2D eigenvalue weighted by Gasteiger charge is 2.04.